The molecule has 0 amide bonds. The summed E-state index contributed by atoms with van der Waals surface area (Å²) < 4.78 is 37.0. The van der Waals surface area contributed by atoms with E-state index < -0.39 is 12.2 Å². The Hall–Kier alpha value is -0.250. The Morgan fingerprint density at radius 2 is 1.92 bits per heavy atom. The van der Waals surface area contributed by atoms with Crippen molar-refractivity contribution in [3.63, 3.8) is 0 Å². The SMILES string of the molecule is CC(C)N1CCC[C@H]1C(F)(F)F. The highest BCUT2D eigenvalue weighted by atomic mass is 19.4. The number of hydrogen-bond donors (Lipinski definition) is 0. The largest absolute Gasteiger partial charge is 0.404 e. The highest BCUT2D eigenvalue weighted by Gasteiger charge is 2.46. The monoisotopic (exact) mass is 181 g/mol. The van der Waals surface area contributed by atoms with Gasteiger partial charge in [0.1, 0.15) is 6.04 Å². The van der Waals surface area contributed by atoms with Crippen LogP contribution in [0.15, 0.2) is 0 Å². The van der Waals surface area contributed by atoms with Crippen LogP contribution in [0, 0.1) is 0 Å². The van der Waals surface area contributed by atoms with Crippen LogP contribution in [-0.4, -0.2) is 29.7 Å². The molecule has 0 aliphatic carbocycles. The van der Waals surface area contributed by atoms with E-state index in [4.69, 9.17) is 0 Å². The van der Waals surface area contributed by atoms with Gasteiger partial charge in [-0.1, -0.05) is 0 Å². The second-order valence-corrected chi connectivity index (χ2v) is 3.53. The van der Waals surface area contributed by atoms with Crippen molar-refractivity contribution in [2.45, 2.75) is 44.9 Å². The van der Waals surface area contributed by atoms with Gasteiger partial charge >= 0.3 is 6.18 Å². The summed E-state index contributed by atoms with van der Waals surface area (Å²) in [5.74, 6) is 0. The summed E-state index contributed by atoms with van der Waals surface area (Å²) in [4.78, 5) is 1.53. The van der Waals surface area contributed by atoms with Crippen molar-refractivity contribution in [2.24, 2.45) is 0 Å². The third-order valence-electron chi connectivity index (χ3n) is 2.34. The van der Waals surface area contributed by atoms with Crippen molar-refractivity contribution in [1.82, 2.24) is 4.90 Å². The lowest BCUT2D eigenvalue weighted by molar-refractivity contribution is -0.179. The molecule has 0 aromatic rings. The van der Waals surface area contributed by atoms with Crippen molar-refractivity contribution < 1.29 is 13.2 Å². The van der Waals surface area contributed by atoms with E-state index in [9.17, 15) is 13.2 Å². The maximum Gasteiger partial charge on any atom is 0.404 e. The molecule has 1 rings (SSSR count). The predicted octanol–water partition coefficient (Wildman–Crippen LogP) is 2.42. The maximum atomic E-state index is 12.3. The van der Waals surface area contributed by atoms with Gasteiger partial charge in [0.05, 0.1) is 0 Å². The Balaban J connectivity index is 2.64. The summed E-state index contributed by atoms with van der Waals surface area (Å²) in [5, 5.41) is 0. The third-order valence-corrected chi connectivity index (χ3v) is 2.34. The van der Waals surface area contributed by atoms with Crippen molar-refractivity contribution in [3.8, 4) is 0 Å². The number of rotatable bonds is 1. The Morgan fingerprint density at radius 1 is 1.33 bits per heavy atom. The van der Waals surface area contributed by atoms with Crippen LogP contribution in [0.3, 0.4) is 0 Å². The van der Waals surface area contributed by atoms with Crippen molar-refractivity contribution in [3.05, 3.63) is 0 Å². The molecule has 1 heterocycles. The zero-order valence-corrected chi connectivity index (χ0v) is 7.36. The van der Waals surface area contributed by atoms with E-state index in [0.717, 1.165) is 0 Å². The van der Waals surface area contributed by atoms with Crippen molar-refractivity contribution >= 4 is 0 Å². The topological polar surface area (TPSA) is 3.24 Å². The molecule has 0 aromatic heterocycles. The molecule has 12 heavy (non-hydrogen) atoms. The molecule has 0 saturated carbocycles. The zero-order chi connectivity index (χ0) is 9.35. The molecule has 0 unspecified atom stereocenters. The van der Waals surface area contributed by atoms with E-state index in [0.29, 0.717) is 13.0 Å². The van der Waals surface area contributed by atoms with Gasteiger partial charge in [0, 0.05) is 6.04 Å². The minimum Gasteiger partial charge on any atom is -0.290 e. The second kappa shape index (κ2) is 3.24. The zero-order valence-electron chi connectivity index (χ0n) is 7.36. The first-order chi connectivity index (χ1) is 5.43. The molecule has 1 atom stereocenters. The predicted molar refractivity (Wildman–Crippen MR) is 40.9 cm³/mol. The quantitative estimate of drug-likeness (QED) is 0.600. The maximum absolute atomic E-state index is 12.3. The van der Waals surface area contributed by atoms with Crippen LogP contribution in [0.2, 0.25) is 0 Å². The van der Waals surface area contributed by atoms with Crippen LogP contribution >= 0.6 is 0 Å². The van der Waals surface area contributed by atoms with E-state index in [1.807, 2.05) is 13.8 Å². The molecule has 0 N–H and O–H groups in total. The summed E-state index contributed by atoms with van der Waals surface area (Å²) in [6.45, 7) is 4.20. The molecule has 1 fully saturated rings. The summed E-state index contributed by atoms with van der Waals surface area (Å²) in [7, 11) is 0. The Bertz CT molecular complexity index is 153. The van der Waals surface area contributed by atoms with Crippen LogP contribution in [0.5, 0.6) is 0 Å². The molecule has 0 radical (unpaired) electrons. The van der Waals surface area contributed by atoms with Crippen LogP contribution in [0.1, 0.15) is 26.7 Å². The van der Waals surface area contributed by atoms with Gasteiger partial charge in [-0.2, -0.15) is 13.2 Å². The third kappa shape index (κ3) is 1.91. The summed E-state index contributed by atoms with van der Waals surface area (Å²) >= 11 is 0. The molecule has 1 nitrogen and oxygen atoms in total. The van der Waals surface area contributed by atoms with Crippen LogP contribution in [0.25, 0.3) is 0 Å². The molecular formula is C8H14F3N. The van der Waals surface area contributed by atoms with Crippen LogP contribution in [-0.2, 0) is 0 Å². The first-order valence-electron chi connectivity index (χ1n) is 4.25. The van der Waals surface area contributed by atoms with E-state index in [1.54, 1.807) is 0 Å². The molecular weight excluding hydrogens is 167 g/mol. The van der Waals surface area contributed by atoms with Gasteiger partial charge in [0.2, 0.25) is 0 Å². The second-order valence-electron chi connectivity index (χ2n) is 3.53. The summed E-state index contributed by atoms with van der Waals surface area (Å²) in [5.41, 5.74) is 0. The van der Waals surface area contributed by atoms with E-state index in [-0.39, 0.29) is 12.5 Å². The molecule has 0 spiro atoms. The van der Waals surface area contributed by atoms with Gasteiger partial charge < -0.3 is 0 Å². The highest BCUT2D eigenvalue weighted by molar-refractivity contribution is 4.86. The Kier molecular flexibility index (Phi) is 2.66. The van der Waals surface area contributed by atoms with Gasteiger partial charge in [0.25, 0.3) is 0 Å². The normalized spacial score (nSPS) is 27.0. The fraction of sp³-hybridized carbons (Fsp3) is 1.00. The lowest BCUT2D eigenvalue weighted by Gasteiger charge is -2.29. The van der Waals surface area contributed by atoms with E-state index >= 15 is 0 Å². The van der Waals surface area contributed by atoms with Gasteiger partial charge in [0.15, 0.2) is 0 Å². The Labute approximate surface area is 70.5 Å². The standard InChI is InChI=1S/C8H14F3N/c1-6(2)12-5-3-4-7(12)8(9,10)11/h6-7H,3-5H2,1-2H3/t7-/m0/s1. The fourth-order valence-corrected chi connectivity index (χ4v) is 1.76. The molecule has 1 aliphatic heterocycles. The number of halogens is 3. The van der Waals surface area contributed by atoms with Gasteiger partial charge in [-0.25, -0.2) is 0 Å². The van der Waals surface area contributed by atoms with Gasteiger partial charge in [-0.15, -0.1) is 0 Å². The first-order valence-corrected chi connectivity index (χ1v) is 4.25. The number of likely N-dealkylation sites (tertiary alicyclic amines) is 1. The molecule has 0 aromatic carbocycles. The molecule has 1 saturated heterocycles. The molecule has 4 heteroatoms. The molecule has 1 aliphatic rings. The highest BCUT2D eigenvalue weighted by Crippen LogP contribution is 2.33. The average molecular weight is 181 g/mol. The molecule has 0 bridgehead atoms. The average Bonchev–Trinajstić information content (AvgIpc) is 2.30. The number of hydrogen-bond acceptors (Lipinski definition) is 1. The van der Waals surface area contributed by atoms with Crippen molar-refractivity contribution in [1.29, 1.82) is 0 Å². The Morgan fingerprint density at radius 3 is 2.25 bits per heavy atom. The lowest BCUT2D eigenvalue weighted by Crippen LogP contribution is -2.44. The van der Waals surface area contributed by atoms with E-state index in [2.05, 4.69) is 0 Å². The van der Waals surface area contributed by atoms with Crippen molar-refractivity contribution in [2.75, 3.05) is 6.54 Å². The van der Waals surface area contributed by atoms with Crippen LogP contribution < -0.4 is 0 Å². The minimum absolute atomic E-state index is 0.000810. The van der Waals surface area contributed by atoms with Gasteiger partial charge in [-0.05, 0) is 33.2 Å². The summed E-state index contributed by atoms with van der Waals surface area (Å²) in [6, 6.07) is -1.20. The fourth-order valence-electron chi connectivity index (χ4n) is 1.76. The number of nitrogens with zero attached hydrogens (tertiary/aromatic N) is 1. The van der Waals surface area contributed by atoms with Crippen LogP contribution in [0.4, 0.5) is 13.2 Å². The first kappa shape index (κ1) is 9.84. The lowest BCUT2D eigenvalue weighted by atomic mass is 10.2. The van der Waals surface area contributed by atoms with Gasteiger partial charge in [-0.3, -0.25) is 4.90 Å². The number of alkyl halides is 3. The van der Waals surface area contributed by atoms with E-state index in [1.165, 1.54) is 4.90 Å². The molecule has 72 valence electrons. The summed E-state index contributed by atoms with van der Waals surface area (Å²) in [6.07, 6.45) is -3.11. The minimum atomic E-state index is -4.04. The smallest absolute Gasteiger partial charge is 0.290 e.